The Kier molecular flexibility index (Phi) is 3.77. The first-order valence-electron chi connectivity index (χ1n) is 6.48. The fourth-order valence-electron chi connectivity index (χ4n) is 2.40. The van der Waals surface area contributed by atoms with Crippen LogP contribution in [-0.2, 0) is 15.1 Å². The van der Waals surface area contributed by atoms with E-state index >= 15 is 0 Å². The van der Waals surface area contributed by atoms with Crippen LogP contribution in [0.4, 0.5) is 4.79 Å². The maximum absolute atomic E-state index is 12.0. The highest BCUT2D eigenvalue weighted by Crippen LogP contribution is 2.46. The molecule has 2 rings (SSSR count). The smallest absolute Gasteiger partial charge is 0.408 e. The molecule has 0 atom stereocenters. The first kappa shape index (κ1) is 14.8. The maximum atomic E-state index is 12.0. The molecule has 0 unspecified atom stereocenters. The van der Waals surface area contributed by atoms with E-state index in [1.807, 2.05) is 16.8 Å². The SMILES string of the molecule is CC(C)(C)OC(=O)NC1(c2ccsc2)CC(C(=O)O)C1. The molecule has 20 heavy (non-hydrogen) atoms. The van der Waals surface area contributed by atoms with Crippen LogP contribution in [0.15, 0.2) is 16.8 Å². The molecule has 6 heteroatoms. The summed E-state index contributed by atoms with van der Waals surface area (Å²) in [5.41, 5.74) is -0.229. The molecule has 0 bridgehead atoms. The minimum Gasteiger partial charge on any atom is -0.481 e. The summed E-state index contributed by atoms with van der Waals surface area (Å²) in [6, 6.07) is 1.92. The Morgan fingerprint density at radius 3 is 2.55 bits per heavy atom. The van der Waals surface area contributed by atoms with Gasteiger partial charge in [0.1, 0.15) is 5.60 Å². The number of ether oxygens (including phenoxy) is 1. The van der Waals surface area contributed by atoms with Crippen LogP contribution in [0.3, 0.4) is 0 Å². The number of nitrogens with one attached hydrogen (secondary N) is 1. The molecule has 0 aliphatic heterocycles. The fraction of sp³-hybridized carbons (Fsp3) is 0.571. The van der Waals surface area contributed by atoms with Crippen molar-refractivity contribution >= 4 is 23.4 Å². The molecule has 110 valence electrons. The van der Waals surface area contributed by atoms with E-state index < -0.39 is 29.1 Å². The number of aliphatic carboxylic acids is 1. The van der Waals surface area contributed by atoms with Crippen molar-refractivity contribution in [1.29, 1.82) is 0 Å². The van der Waals surface area contributed by atoms with Crippen molar-refractivity contribution in [2.75, 3.05) is 0 Å². The summed E-state index contributed by atoms with van der Waals surface area (Å²) >= 11 is 1.53. The number of carbonyl (C=O) groups excluding carboxylic acids is 1. The van der Waals surface area contributed by atoms with Gasteiger partial charge in [-0.25, -0.2) is 4.79 Å². The third-order valence-electron chi connectivity index (χ3n) is 3.35. The second kappa shape index (κ2) is 5.09. The van der Waals surface area contributed by atoms with Gasteiger partial charge in [0, 0.05) is 0 Å². The Morgan fingerprint density at radius 1 is 1.45 bits per heavy atom. The van der Waals surface area contributed by atoms with Crippen LogP contribution in [0.1, 0.15) is 39.2 Å². The van der Waals surface area contributed by atoms with Gasteiger partial charge in [-0.1, -0.05) is 0 Å². The van der Waals surface area contributed by atoms with Crippen LogP contribution in [0.25, 0.3) is 0 Å². The number of carboxylic acid groups (broad SMARTS) is 1. The Bertz CT molecular complexity index is 498. The number of hydrogen-bond donors (Lipinski definition) is 2. The monoisotopic (exact) mass is 297 g/mol. The second-order valence-electron chi connectivity index (χ2n) is 6.16. The van der Waals surface area contributed by atoms with Gasteiger partial charge in [0.15, 0.2) is 0 Å². The number of amides is 1. The molecular formula is C14H19NO4S. The van der Waals surface area contributed by atoms with E-state index in [1.54, 1.807) is 20.8 Å². The summed E-state index contributed by atoms with van der Waals surface area (Å²) < 4.78 is 5.27. The number of thiophene rings is 1. The summed E-state index contributed by atoms with van der Waals surface area (Å²) in [5, 5.41) is 15.8. The van der Waals surface area contributed by atoms with Crippen LogP contribution in [0, 0.1) is 5.92 Å². The van der Waals surface area contributed by atoms with Gasteiger partial charge < -0.3 is 15.2 Å². The topological polar surface area (TPSA) is 75.6 Å². The maximum Gasteiger partial charge on any atom is 0.408 e. The number of carbonyl (C=O) groups is 2. The normalized spacial score (nSPS) is 25.6. The molecule has 1 fully saturated rings. The third-order valence-corrected chi connectivity index (χ3v) is 4.04. The Balaban J connectivity index is 2.10. The predicted molar refractivity (Wildman–Crippen MR) is 75.7 cm³/mol. The molecule has 5 nitrogen and oxygen atoms in total. The van der Waals surface area contributed by atoms with E-state index in [9.17, 15) is 9.59 Å². The number of rotatable bonds is 3. The average Bonchev–Trinajstić information content (AvgIpc) is 2.72. The second-order valence-corrected chi connectivity index (χ2v) is 6.94. The zero-order chi connectivity index (χ0) is 15.0. The van der Waals surface area contributed by atoms with E-state index in [2.05, 4.69) is 5.32 Å². The summed E-state index contributed by atoms with van der Waals surface area (Å²) in [6.07, 6.45) is 0.295. The standard InChI is InChI=1S/C14H19NO4S/c1-13(2,3)19-12(18)15-14(10-4-5-20-8-10)6-9(7-14)11(16)17/h4-5,8-9H,6-7H2,1-3H3,(H,15,18)(H,16,17). The number of carboxylic acids is 1. The van der Waals surface area contributed by atoms with Crippen molar-refractivity contribution in [2.24, 2.45) is 5.92 Å². The molecule has 1 aromatic heterocycles. The van der Waals surface area contributed by atoms with Gasteiger partial charge in [0.25, 0.3) is 0 Å². The molecule has 1 aromatic rings. The average molecular weight is 297 g/mol. The van der Waals surface area contributed by atoms with Crippen molar-refractivity contribution in [2.45, 2.75) is 44.8 Å². The minimum atomic E-state index is -0.818. The molecule has 1 heterocycles. The molecule has 1 aliphatic carbocycles. The zero-order valence-corrected chi connectivity index (χ0v) is 12.6. The van der Waals surface area contributed by atoms with Gasteiger partial charge in [-0.3, -0.25) is 4.79 Å². The van der Waals surface area contributed by atoms with Gasteiger partial charge in [0.2, 0.25) is 0 Å². The molecule has 1 aliphatic rings. The van der Waals surface area contributed by atoms with Gasteiger partial charge >= 0.3 is 12.1 Å². The first-order valence-corrected chi connectivity index (χ1v) is 7.43. The molecule has 0 spiro atoms. The highest BCUT2D eigenvalue weighted by Gasteiger charge is 2.50. The van der Waals surface area contributed by atoms with E-state index in [0.29, 0.717) is 12.8 Å². The quantitative estimate of drug-likeness (QED) is 0.899. The molecule has 2 N–H and O–H groups in total. The van der Waals surface area contributed by atoms with Crippen molar-refractivity contribution in [1.82, 2.24) is 5.32 Å². The number of alkyl carbamates (subject to hydrolysis) is 1. The van der Waals surface area contributed by atoms with Crippen LogP contribution >= 0.6 is 11.3 Å². The highest BCUT2D eigenvalue weighted by atomic mass is 32.1. The van der Waals surface area contributed by atoms with Crippen LogP contribution in [0.5, 0.6) is 0 Å². The van der Waals surface area contributed by atoms with E-state index in [1.165, 1.54) is 11.3 Å². The first-order chi connectivity index (χ1) is 9.22. The lowest BCUT2D eigenvalue weighted by Gasteiger charge is -2.46. The molecule has 1 amide bonds. The van der Waals surface area contributed by atoms with Crippen molar-refractivity contribution in [3.63, 3.8) is 0 Å². The van der Waals surface area contributed by atoms with Crippen molar-refractivity contribution in [3.8, 4) is 0 Å². The Morgan fingerprint density at radius 2 is 2.10 bits per heavy atom. The lowest BCUT2D eigenvalue weighted by atomic mass is 9.65. The van der Waals surface area contributed by atoms with Crippen LogP contribution in [-0.4, -0.2) is 22.8 Å². The fourth-order valence-corrected chi connectivity index (χ4v) is 3.16. The summed E-state index contributed by atoms with van der Waals surface area (Å²) in [6.45, 7) is 5.39. The van der Waals surface area contributed by atoms with E-state index in [-0.39, 0.29) is 0 Å². The Labute approximate surface area is 121 Å². The minimum absolute atomic E-state index is 0.401. The molecule has 1 saturated carbocycles. The lowest BCUT2D eigenvalue weighted by Crippen LogP contribution is -2.57. The predicted octanol–water partition coefficient (Wildman–Crippen LogP) is 2.96. The van der Waals surface area contributed by atoms with E-state index in [0.717, 1.165) is 5.56 Å². The zero-order valence-electron chi connectivity index (χ0n) is 11.8. The lowest BCUT2D eigenvalue weighted by molar-refractivity contribution is -0.148. The van der Waals surface area contributed by atoms with Crippen molar-refractivity contribution < 1.29 is 19.4 Å². The van der Waals surface area contributed by atoms with Crippen LogP contribution < -0.4 is 5.32 Å². The molecule has 0 aromatic carbocycles. The summed E-state index contributed by atoms with van der Waals surface area (Å²) in [7, 11) is 0. The summed E-state index contributed by atoms with van der Waals surface area (Å²) in [4.78, 5) is 23.0. The largest absolute Gasteiger partial charge is 0.481 e. The highest BCUT2D eigenvalue weighted by molar-refractivity contribution is 7.08. The molecule has 0 saturated heterocycles. The van der Waals surface area contributed by atoms with Gasteiger partial charge in [0.05, 0.1) is 11.5 Å². The number of hydrogen-bond acceptors (Lipinski definition) is 4. The van der Waals surface area contributed by atoms with Gasteiger partial charge in [-0.2, -0.15) is 11.3 Å². The van der Waals surface area contributed by atoms with Gasteiger partial charge in [-0.15, -0.1) is 0 Å². The van der Waals surface area contributed by atoms with Crippen molar-refractivity contribution in [3.05, 3.63) is 22.4 Å². The third kappa shape index (κ3) is 3.12. The summed E-state index contributed by atoms with van der Waals surface area (Å²) in [5.74, 6) is -1.23. The molecular weight excluding hydrogens is 278 g/mol. The van der Waals surface area contributed by atoms with E-state index in [4.69, 9.17) is 9.84 Å². The molecule has 0 radical (unpaired) electrons. The van der Waals surface area contributed by atoms with Crippen LogP contribution in [0.2, 0.25) is 0 Å². The Hall–Kier alpha value is -1.56. The van der Waals surface area contributed by atoms with Gasteiger partial charge in [-0.05, 0) is 56.0 Å².